The molecule has 1 saturated heterocycles. The van der Waals surface area contributed by atoms with Crippen LogP contribution in [0.2, 0.25) is 0 Å². The largest absolute Gasteiger partial charge is 0.491 e. The van der Waals surface area contributed by atoms with Gasteiger partial charge in [0.15, 0.2) is 10.9 Å². The van der Waals surface area contributed by atoms with Crippen molar-refractivity contribution >= 4 is 35.9 Å². The lowest BCUT2D eigenvalue weighted by Crippen LogP contribution is -2.41. The highest BCUT2D eigenvalue weighted by Crippen LogP contribution is 2.39. The van der Waals surface area contributed by atoms with Crippen molar-refractivity contribution in [3.8, 4) is 0 Å². The first-order valence-electron chi connectivity index (χ1n) is 8.88. The van der Waals surface area contributed by atoms with Crippen molar-refractivity contribution < 1.29 is 18.9 Å². The summed E-state index contributed by atoms with van der Waals surface area (Å²) in [4.78, 5) is 23.2. The van der Waals surface area contributed by atoms with E-state index in [1.165, 1.54) is 11.8 Å². The Morgan fingerprint density at radius 3 is 2.08 bits per heavy atom. The Bertz CT molecular complexity index is 691. The van der Waals surface area contributed by atoms with Gasteiger partial charge in [0.05, 0.1) is 11.2 Å². The summed E-state index contributed by atoms with van der Waals surface area (Å²) in [5.41, 5.74) is 1.69. The second kappa shape index (κ2) is 8.11. The van der Waals surface area contributed by atoms with Crippen LogP contribution in [0.4, 0.5) is 0 Å². The Morgan fingerprint density at radius 2 is 1.62 bits per heavy atom. The molecule has 0 aliphatic carbocycles. The first-order valence-corrected chi connectivity index (χ1v) is 9.87. The molecule has 0 radical (unpaired) electrons. The van der Waals surface area contributed by atoms with Gasteiger partial charge in [0, 0.05) is 24.7 Å². The normalized spacial score (nSPS) is 18.8. The van der Waals surface area contributed by atoms with Gasteiger partial charge >= 0.3 is 7.12 Å². The first kappa shape index (κ1) is 20.9. The average molecular weight is 374 g/mol. The van der Waals surface area contributed by atoms with Crippen molar-refractivity contribution in [2.75, 3.05) is 5.75 Å². The topological polar surface area (TPSA) is 52.6 Å². The molecule has 0 spiro atoms. The van der Waals surface area contributed by atoms with E-state index in [-0.39, 0.29) is 10.9 Å². The molecule has 1 aliphatic rings. The lowest BCUT2D eigenvalue weighted by molar-refractivity contribution is -0.109. The van der Waals surface area contributed by atoms with Crippen LogP contribution in [0.1, 0.15) is 63.9 Å². The first-order chi connectivity index (χ1) is 12.1. The molecule has 140 valence electrons. The number of Topliss-reactive ketones (excluding diaryl/α,β-unsaturated/α-hetero) is 1. The maximum atomic E-state index is 11.8. The van der Waals surface area contributed by atoms with Gasteiger partial charge in [-0.1, -0.05) is 49.0 Å². The number of thioether (sulfide) groups is 1. The van der Waals surface area contributed by atoms with Crippen molar-refractivity contribution in [1.82, 2.24) is 0 Å². The highest BCUT2D eigenvalue weighted by molar-refractivity contribution is 8.13. The van der Waals surface area contributed by atoms with Gasteiger partial charge in [-0.2, -0.15) is 0 Å². The second-order valence-electron chi connectivity index (χ2n) is 7.49. The number of rotatable bonds is 6. The molecule has 2 rings (SSSR count). The van der Waals surface area contributed by atoms with Crippen molar-refractivity contribution in [3.63, 3.8) is 0 Å². The summed E-state index contributed by atoms with van der Waals surface area (Å²) in [5.74, 6) is 0.626. The molecule has 6 heteroatoms. The van der Waals surface area contributed by atoms with Gasteiger partial charge < -0.3 is 9.31 Å². The van der Waals surface area contributed by atoms with Crippen LogP contribution in [-0.4, -0.2) is 35.0 Å². The Morgan fingerprint density at radius 1 is 1.08 bits per heavy atom. The molecule has 1 aliphatic heterocycles. The molecule has 1 fully saturated rings. The highest BCUT2D eigenvalue weighted by Gasteiger charge is 2.52. The molecule has 0 amide bonds. The van der Waals surface area contributed by atoms with E-state index in [4.69, 9.17) is 9.31 Å². The van der Waals surface area contributed by atoms with Crippen molar-refractivity contribution in [3.05, 3.63) is 40.9 Å². The molecule has 0 atom stereocenters. The van der Waals surface area contributed by atoms with Crippen LogP contribution in [0, 0.1) is 0 Å². The predicted octanol–water partition coefficient (Wildman–Crippen LogP) is 4.57. The molecule has 0 bridgehead atoms. The van der Waals surface area contributed by atoms with Gasteiger partial charge in [0.2, 0.25) is 0 Å². The maximum Gasteiger partial charge on any atom is 0.491 e. The van der Waals surface area contributed by atoms with Crippen molar-refractivity contribution in [2.24, 2.45) is 0 Å². The fourth-order valence-corrected chi connectivity index (χ4v) is 3.13. The molecular formula is C20H27BO4S. The Balaban J connectivity index is 2.28. The fourth-order valence-electron chi connectivity index (χ4n) is 2.54. The van der Waals surface area contributed by atoms with Crippen molar-refractivity contribution in [1.29, 1.82) is 0 Å². The molecule has 1 heterocycles. The summed E-state index contributed by atoms with van der Waals surface area (Å²) in [7, 11) is -0.496. The van der Waals surface area contributed by atoms with E-state index in [1.54, 1.807) is 6.92 Å². The van der Waals surface area contributed by atoms with Crippen LogP contribution in [-0.2, 0) is 14.1 Å². The third kappa shape index (κ3) is 4.87. The van der Waals surface area contributed by atoms with Gasteiger partial charge in [-0.25, -0.2) is 0 Å². The average Bonchev–Trinajstić information content (AvgIpc) is 2.78. The van der Waals surface area contributed by atoms with E-state index in [0.29, 0.717) is 17.7 Å². The minimum Gasteiger partial charge on any atom is -0.400 e. The van der Waals surface area contributed by atoms with Crippen LogP contribution in [0.15, 0.2) is 29.7 Å². The molecule has 0 saturated carbocycles. The van der Waals surface area contributed by atoms with Gasteiger partial charge in [-0.05, 0) is 38.7 Å². The summed E-state index contributed by atoms with van der Waals surface area (Å²) >= 11 is 1.24. The SMILES string of the molecule is CCC(=O)c1ccc(C=C(CSC(C)=O)B2OC(C)(C)C(C)(C)O2)cc1. The highest BCUT2D eigenvalue weighted by atomic mass is 32.2. The summed E-state index contributed by atoms with van der Waals surface area (Å²) in [5, 5.41) is 0.0521. The number of hydrogen-bond donors (Lipinski definition) is 0. The lowest BCUT2D eigenvalue weighted by atomic mass is 9.78. The zero-order chi connectivity index (χ0) is 19.5. The van der Waals surface area contributed by atoms with Crippen LogP contribution >= 0.6 is 11.8 Å². The quantitative estimate of drug-likeness (QED) is 0.539. The van der Waals surface area contributed by atoms with E-state index in [9.17, 15) is 9.59 Å². The van der Waals surface area contributed by atoms with E-state index in [1.807, 2.05) is 65.0 Å². The van der Waals surface area contributed by atoms with Gasteiger partial charge in [0.25, 0.3) is 0 Å². The minimum atomic E-state index is -0.496. The predicted molar refractivity (Wildman–Crippen MR) is 108 cm³/mol. The molecule has 0 N–H and O–H groups in total. The summed E-state index contributed by atoms with van der Waals surface area (Å²) < 4.78 is 12.3. The number of benzene rings is 1. The zero-order valence-corrected chi connectivity index (χ0v) is 17.2. The van der Waals surface area contributed by atoms with Gasteiger partial charge in [-0.15, -0.1) is 0 Å². The molecule has 1 aromatic rings. The Hall–Kier alpha value is -1.37. The standard InChI is InChI=1S/C20H27BO4S/c1-7-18(23)16-10-8-15(9-11-16)12-17(13-26-14(2)22)21-24-19(3,4)20(5,6)25-21/h8-12H,7,13H2,1-6H3. The Kier molecular flexibility index (Phi) is 6.53. The molecule has 0 aromatic heterocycles. The number of carbonyl (C=O) groups excluding carboxylic acids is 2. The summed E-state index contributed by atoms with van der Waals surface area (Å²) in [6.07, 6.45) is 2.47. The van der Waals surface area contributed by atoms with Crippen molar-refractivity contribution in [2.45, 2.75) is 59.2 Å². The van der Waals surface area contributed by atoms with Crippen LogP contribution in [0.5, 0.6) is 0 Å². The maximum absolute atomic E-state index is 11.8. The fraction of sp³-hybridized carbons (Fsp3) is 0.500. The smallest absolute Gasteiger partial charge is 0.400 e. The van der Waals surface area contributed by atoms with Crippen LogP contribution < -0.4 is 0 Å². The van der Waals surface area contributed by atoms with E-state index >= 15 is 0 Å². The summed E-state index contributed by atoms with van der Waals surface area (Å²) in [6.45, 7) is 11.4. The minimum absolute atomic E-state index is 0.0521. The van der Waals surface area contributed by atoms with Crippen LogP contribution in [0.3, 0.4) is 0 Å². The lowest BCUT2D eigenvalue weighted by Gasteiger charge is -2.32. The molecule has 4 nitrogen and oxygen atoms in total. The van der Waals surface area contributed by atoms with E-state index < -0.39 is 18.3 Å². The monoisotopic (exact) mass is 374 g/mol. The third-order valence-electron chi connectivity index (χ3n) is 4.90. The number of ketones is 1. The summed E-state index contributed by atoms with van der Waals surface area (Å²) in [6, 6.07) is 7.48. The molecule has 26 heavy (non-hydrogen) atoms. The second-order valence-corrected chi connectivity index (χ2v) is 8.64. The van der Waals surface area contributed by atoms with E-state index in [0.717, 1.165) is 11.0 Å². The molecular weight excluding hydrogens is 347 g/mol. The zero-order valence-electron chi connectivity index (χ0n) is 16.4. The Labute approximate surface area is 160 Å². The number of carbonyl (C=O) groups is 2. The number of hydrogen-bond acceptors (Lipinski definition) is 5. The van der Waals surface area contributed by atoms with Gasteiger partial charge in [-0.3, -0.25) is 9.59 Å². The molecule has 0 unspecified atom stereocenters. The van der Waals surface area contributed by atoms with E-state index in [2.05, 4.69) is 0 Å². The van der Waals surface area contributed by atoms with Gasteiger partial charge in [0.1, 0.15) is 0 Å². The molecule has 1 aromatic carbocycles. The van der Waals surface area contributed by atoms with Crippen LogP contribution in [0.25, 0.3) is 6.08 Å². The third-order valence-corrected chi connectivity index (χ3v) is 5.79.